The lowest BCUT2D eigenvalue weighted by molar-refractivity contribution is -0.384. The summed E-state index contributed by atoms with van der Waals surface area (Å²) in [6, 6.07) is 29.8. The van der Waals surface area contributed by atoms with E-state index in [1.807, 2.05) is 60.7 Å². The van der Waals surface area contributed by atoms with Crippen LogP contribution in [0.4, 0.5) is 26.7 Å². The molecule has 5 aromatic rings. The van der Waals surface area contributed by atoms with Gasteiger partial charge in [-0.3, -0.25) is 25.0 Å². The molecule has 1 atom stereocenters. The van der Waals surface area contributed by atoms with Gasteiger partial charge >= 0.3 is 12.1 Å². The Labute approximate surface area is 274 Å². The number of carbonyl (C=O) groups is 3. The van der Waals surface area contributed by atoms with Crippen molar-refractivity contribution in [3.8, 4) is 0 Å². The Bertz CT molecular complexity index is 2090. The largest absolute Gasteiger partial charge is 0.347 e. The molecule has 1 unspecified atom stereocenters. The van der Waals surface area contributed by atoms with Gasteiger partial charge in [0, 0.05) is 28.5 Å². The average Bonchev–Trinajstić information content (AvgIpc) is 3.28. The smallest absolute Gasteiger partial charge is 0.306 e. The fraction of sp³-hybridized carbons (Fsp3) is 0.143. The molecule has 1 aliphatic rings. The molecule has 1 heterocycles. The number of non-ortho nitro benzene ring substituents is 1. The van der Waals surface area contributed by atoms with Gasteiger partial charge in [0.25, 0.3) is 11.6 Å². The maximum absolute atomic E-state index is 14.3. The van der Waals surface area contributed by atoms with Crippen LogP contribution in [0.5, 0.6) is 0 Å². The average molecular weight is 646 g/mol. The number of benzene rings is 5. The number of anilines is 2. The van der Waals surface area contributed by atoms with Crippen molar-refractivity contribution >= 4 is 62.8 Å². The quantitative estimate of drug-likeness (QED) is 0.0775. The van der Waals surface area contributed by atoms with E-state index in [0.29, 0.717) is 27.4 Å². The van der Waals surface area contributed by atoms with Crippen molar-refractivity contribution in [3.63, 3.8) is 0 Å². The van der Waals surface area contributed by atoms with Gasteiger partial charge in [0.15, 0.2) is 6.17 Å². The van der Waals surface area contributed by atoms with Gasteiger partial charge in [-0.1, -0.05) is 84.9 Å². The minimum absolute atomic E-state index is 0.132. The maximum atomic E-state index is 14.3. The van der Waals surface area contributed by atoms with Crippen molar-refractivity contribution in [3.05, 3.63) is 125 Å². The van der Waals surface area contributed by atoms with Gasteiger partial charge in [0.2, 0.25) is 0 Å². The lowest BCUT2D eigenvalue weighted by Crippen LogP contribution is -2.58. The van der Waals surface area contributed by atoms with E-state index in [4.69, 9.17) is 0 Å². The first-order valence-corrected chi connectivity index (χ1v) is 15.0. The first-order chi connectivity index (χ1) is 23.1. The van der Waals surface area contributed by atoms with Crippen LogP contribution in [0.15, 0.2) is 114 Å². The number of nitrogens with one attached hydrogen (secondary N) is 2. The zero-order valence-electron chi connectivity index (χ0n) is 26.0. The molecule has 3 N–H and O–H groups in total. The van der Waals surface area contributed by atoms with Crippen LogP contribution in [0.1, 0.15) is 19.4 Å². The molecule has 48 heavy (non-hydrogen) atoms. The Hall–Kier alpha value is -6.34. The number of hydrogen-bond donors (Lipinski definition) is 3. The zero-order chi connectivity index (χ0) is 34.0. The van der Waals surface area contributed by atoms with Crippen LogP contribution in [-0.4, -0.2) is 62.5 Å². The molecule has 13 heteroatoms. The topological polar surface area (TPSA) is 161 Å². The van der Waals surface area contributed by atoms with Gasteiger partial charge in [-0.05, 0) is 36.8 Å². The van der Waals surface area contributed by atoms with Crippen LogP contribution >= 0.6 is 0 Å². The van der Waals surface area contributed by atoms with Gasteiger partial charge in [0.05, 0.1) is 28.1 Å². The predicted molar refractivity (Wildman–Crippen MR) is 182 cm³/mol. The summed E-state index contributed by atoms with van der Waals surface area (Å²) in [6.45, 7) is 2.82. The molecule has 0 bridgehead atoms. The third-order valence-electron chi connectivity index (χ3n) is 8.29. The lowest BCUT2D eigenvalue weighted by atomic mass is 9.99. The Morgan fingerprint density at radius 1 is 0.938 bits per heavy atom. The van der Waals surface area contributed by atoms with Crippen molar-refractivity contribution in [2.24, 2.45) is 5.10 Å². The highest BCUT2D eigenvalue weighted by atomic mass is 16.6. The summed E-state index contributed by atoms with van der Waals surface area (Å²) < 4.78 is 0. The fourth-order valence-electron chi connectivity index (χ4n) is 5.96. The summed E-state index contributed by atoms with van der Waals surface area (Å²) in [6.07, 6.45) is -0.0351. The van der Waals surface area contributed by atoms with Gasteiger partial charge in [-0.15, -0.1) is 0 Å². The van der Waals surface area contributed by atoms with E-state index in [0.717, 1.165) is 16.2 Å². The van der Waals surface area contributed by atoms with Crippen molar-refractivity contribution in [2.75, 3.05) is 16.8 Å². The number of nitro benzene ring substituents is 1. The lowest BCUT2D eigenvalue weighted by Gasteiger charge is -2.38. The van der Waals surface area contributed by atoms with Gasteiger partial charge in [-0.2, -0.15) is 10.2 Å². The molecule has 242 valence electrons. The first-order valence-electron chi connectivity index (χ1n) is 15.0. The molecule has 1 saturated heterocycles. The van der Waals surface area contributed by atoms with E-state index in [2.05, 4.69) is 15.8 Å². The molecule has 5 amide bonds. The zero-order valence-corrected chi connectivity index (χ0v) is 26.0. The minimum atomic E-state index is -1.32. The van der Waals surface area contributed by atoms with Crippen LogP contribution in [-0.2, 0) is 4.79 Å². The van der Waals surface area contributed by atoms with E-state index >= 15 is 0 Å². The predicted octanol–water partition coefficient (Wildman–Crippen LogP) is 6.32. The van der Waals surface area contributed by atoms with Gasteiger partial charge in [-0.25, -0.2) is 15.0 Å². The summed E-state index contributed by atoms with van der Waals surface area (Å²) in [7, 11) is 0. The summed E-state index contributed by atoms with van der Waals surface area (Å²) in [5.74, 6) is -0.665. The number of hydrazone groups is 1. The van der Waals surface area contributed by atoms with Crippen molar-refractivity contribution < 1.29 is 24.5 Å². The number of amides is 5. The molecule has 1 fully saturated rings. The van der Waals surface area contributed by atoms with Crippen LogP contribution in [0.2, 0.25) is 0 Å². The molecule has 5 aromatic carbocycles. The molecule has 0 spiro atoms. The van der Waals surface area contributed by atoms with Crippen LogP contribution in [0.25, 0.3) is 21.5 Å². The summed E-state index contributed by atoms with van der Waals surface area (Å²) in [5.41, 5.74) is 2.19. The number of hydroxylamine groups is 2. The van der Waals surface area contributed by atoms with Crippen LogP contribution < -0.4 is 15.6 Å². The summed E-state index contributed by atoms with van der Waals surface area (Å²) in [4.78, 5) is 54.2. The number of nitrogens with zero attached hydrogens (tertiary/aromatic N) is 5. The Morgan fingerprint density at radius 2 is 1.56 bits per heavy atom. The molecular weight excluding hydrogens is 614 g/mol. The molecule has 0 radical (unpaired) electrons. The Balaban J connectivity index is 1.31. The van der Waals surface area contributed by atoms with Crippen LogP contribution in [0.3, 0.4) is 0 Å². The Morgan fingerprint density at radius 3 is 2.29 bits per heavy atom. The standard InChI is InChI=1S/C35H31N7O6/c1-35(2)32(41(46)33(44)37-29-18-8-13-24-11-3-5-16-27(24)29)40(30-19-9-14-25-12-4-6-17-28(25)30)34(45)39(35)22-31(43)38-36-21-23-10-7-15-26(20-23)42(47)48/h3-21,32,46H,22H2,1-2H3,(H,37,44)(H,38,43)/b36-21+. The molecule has 0 aromatic heterocycles. The fourth-order valence-corrected chi connectivity index (χ4v) is 5.96. The molecule has 0 aliphatic carbocycles. The minimum Gasteiger partial charge on any atom is -0.306 e. The van der Waals surface area contributed by atoms with E-state index in [-0.39, 0.29) is 5.69 Å². The number of rotatable bonds is 8. The van der Waals surface area contributed by atoms with E-state index in [9.17, 15) is 29.7 Å². The van der Waals surface area contributed by atoms with E-state index in [1.54, 1.807) is 44.2 Å². The number of urea groups is 2. The first kappa shape index (κ1) is 31.6. The highest BCUT2D eigenvalue weighted by Crippen LogP contribution is 2.40. The normalized spacial score (nSPS) is 15.6. The highest BCUT2D eigenvalue weighted by Gasteiger charge is 2.56. The van der Waals surface area contributed by atoms with Crippen LogP contribution in [0, 0.1) is 10.1 Å². The van der Waals surface area contributed by atoms with Gasteiger partial charge < -0.3 is 10.2 Å². The van der Waals surface area contributed by atoms with Crippen molar-refractivity contribution in [1.82, 2.24) is 15.4 Å². The molecular formula is C35H31N7O6. The Kier molecular flexibility index (Phi) is 8.44. The number of carbonyl (C=O) groups excluding carboxylic acids is 3. The molecule has 6 rings (SSSR count). The number of nitro groups is 1. The molecule has 1 aliphatic heterocycles. The van der Waals surface area contributed by atoms with Crippen molar-refractivity contribution in [2.45, 2.75) is 25.6 Å². The van der Waals surface area contributed by atoms with E-state index < -0.39 is 41.1 Å². The second kappa shape index (κ2) is 12.8. The number of fused-ring (bicyclic) bond motifs is 2. The van der Waals surface area contributed by atoms with E-state index in [1.165, 1.54) is 34.2 Å². The molecule has 0 saturated carbocycles. The second-order valence-electron chi connectivity index (χ2n) is 11.7. The third-order valence-corrected chi connectivity index (χ3v) is 8.29. The monoisotopic (exact) mass is 645 g/mol. The highest BCUT2D eigenvalue weighted by molar-refractivity contribution is 6.07. The maximum Gasteiger partial charge on any atom is 0.347 e. The van der Waals surface area contributed by atoms with Crippen molar-refractivity contribution in [1.29, 1.82) is 0 Å². The summed E-state index contributed by atoms with van der Waals surface area (Å²) >= 11 is 0. The number of hydrogen-bond acceptors (Lipinski definition) is 7. The summed E-state index contributed by atoms with van der Waals surface area (Å²) in [5, 5.41) is 33.0. The third kappa shape index (κ3) is 5.97. The van der Waals surface area contributed by atoms with Gasteiger partial charge in [0.1, 0.15) is 6.54 Å². The SMILES string of the molecule is CC1(C)C(N(O)C(=O)Nc2cccc3ccccc23)N(c2cccc3ccccc23)C(=O)N1CC(=O)N/N=C/c1cccc([N+](=O)[O-])c1. The second-order valence-corrected chi connectivity index (χ2v) is 11.7. The molecule has 13 nitrogen and oxygen atoms in total.